The highest BCUT2D eigenvalue weighted by molar-refractivity contribution is 7.14. The van der Waals surface area contributed by atoms with Gasteiger partial charge in [0.25, 0.3) is 5.69 Å². The number of nitro benzene ring substituents is 1. The predicted octanol–water partition coefficient (Wildman–Crippen LogP) is 3.86. The molecule has 0 unspecified atom stereocenters. The molecule has 0 spiro atoms. The van der Waals surface area contributed by atoms with E-state index in [0.29, 0.717) is 10.4 Å². The number of carbonyl (C=O) groups is 1. The number of hydrogen-bond acceptors (Lipinski definition) is 4. The highest BCUT2D eigenvalue weighted by Gasteiger charge is 2.10. The molecular formula is C14H11NO3S. The fraction of sp³-hybridized carbons (Fsp3) is 0.0714. The molecule has 1 aromatic heterocycles. The zero-order valence-corrected chi connectivity index (χ0v) is 11.0. The number of carbonyl (C=O) groups excluding carboxylic acids is 1. The first-order chi connectivity index (χ1) is 9.08. The molecule has 19 heavy (non-hydrogen) atoms. The molecule has 2 aromatic rings. The highest BCUT2D eigenvalue weighted by Crippen LogP contribution is 2.20. The van der Waals surface area contributed by atoms with Crippen LogP contribution >= 0.6 is 11.3 Å². The van der Waals surface area contributed by atoms with Crippen molar-refractivity contribution >= 4 is 28.9 Å². The lowest BCUT2D eigenvalue weighted by Gasteiger charge is -1.96. The largest absolute Gasteiger partial charge is 0.288 e. The summed E-state index contributed by atoms with van der Waals surface area (Å²) in [5.74, 6) is -0.142. The first kappa shape index (κ1) is 13.2. The molecule has 1 heterocycles. The molecule has 0 aliphatic heterocycles. The molecular weight excluding hydrogens is 262 g/mol. The topological polar surface area (TPSA) is 60.2 Å². The van der Waals surface area contributed by atoms with Gasteiger partial charge in [-0.25, -0.2) is 0 Å². The molecule has 0 radical (unpaired) electrons. The number of hydrogen-bond donors (Lipinski definition) is 0. The SMILES string of the molecule is Cc1ccc(C(=O)/C=C/c2ccccc2[N+](=O)[O-])s1. The van der Waals surface area contributed by atoms with E-state index in [2.05, 4.69) is 0 Å². The summed E-state index contributed by atoms with van der Waals surface area (Å²) in [6.45, 7) is 1.92. The lowest BCUT2D eigenvalue weighted by atomic mass is 10.1. The fourth-order valence-electron chi connectivity index (χ4n) is 1.61. The van der Waals surface area contributed by atoms with Crippen molar-refractivity contribution in [2.24, 2.45) is 0 Å². The van der Waals surface area contributed by atoms with Gasteiger partial charge in [0.05, 0.1) is 15.4 Å². The van der Waals surface area contributed by atoms with Crippen molar-refractivity contribution < 1.29 is 9.72 Å². The van der Waals surface area contributed by atoms with Crippen LogP contribution < -0.4 is 0 Å². The van der Waals surface area contributed by atoms with Crippen LogP contribution in [0, 0.1) is 17.0 Å². The van der Waals surface area contributed by atoms with Gasteiger partial charge >= 0.3 is 0 Å². The number of aryl methyl sites for hydroxylation is 1. The summed E-state index contributed by atoms with van der Waals surface area (Å²) >= 11 is 1.41. The van der Waals surface area contributed by atoms with Crippen LogP contribution in [0.2, 0.25) is 0 Å². The second-order valence-electron chi connectivity index (χ2n) is 3.92. The first-order valence-electron chi connectivity index (χ1n) is 5.60. The van der Waals surface area contributed by atoms with Crippen LogP contribution in [0.5, 0.6) is 0 Å². The molecule has 96 valence electrons. The standard InChI is InChI=1S/C14H11NO3S/c1-10-6-9-14(19-10)13(16)8-7-11-4-2-3-5-12(11)15(17)18/h2-9H,1H3/b8-7+. The number of thiophene rings is 1. The van der Waals surface area contributed by atoms with E-state index in [-0.39, 0.29) is 11.5 Å². The van der Waals surface area contributed by atoms with Gasteiger partial charge in [-0.1, -0.05) is 12.1 Å². The summed E-state index contributed by atoms with van der Waals surface area (Å²) < 4.78 is 0. The summed E-state index contributed by atoms with van der Waals surface area (Å²) in [4.78, 5) is 23.9. The lowest BCUT2D eigenvalue weighted by Crippen LogP contribution is -1.92. The molecule has 0 fully saturated rings. The van der Waals surface area contributed by atoms with Crippen molar-refractivity contribution in [3.8, 4) is 0 Å². The first-order valence-corrected chi connectivity index (χ1v) is 6.42. The summed E-state index contributed by atoms with van der Waals surface area (Å²) in [5.41, 5.74) is 0.419. The molecule has 0 N–H and O–H groups in total. The normalized spacial score (nSPS) is 10.8. The summed E-state index contributed by atoms with van der Waals surface area (Å²) in [5, 5.41) is 10.8. The van der Waals surface area contributed by atoms with Crippen LogP contribution in [-0.4, -0.2) is 10.7 Å². The van der Waals surface area contributed by atoms with E-state index >= 15 is 0 Å². The van der Waals surface area contributed by atoms with Gasteiger partial charge in [-0.3, -0.25) is 14.9 Å². The quantitative estimate of drug-likeness (QED) is 0.368. The Morgan fingerprint density at radius 1 is 1.26 bits per heavy atom. The van der Waals surface area contributed by atoms with Gasteiger partial charge < -0.3 is 0 Å². The number of para-hydroxylation sites is 1. The molecule has 1 aromatic carbocycles. The van der Waals surface area contributed by atoms with Crippen LogP contribution in [0.3, 0.4) is 0 Å². The predicted molar refractivity (Wildman–Crippen MR) is 75.5 cm³/mol. The smallest absolute Gasteiger partial charge is 0.276 e. The van der Waals surface area contributed by atoms with Crippen LogP contribution in [0.1, 0.15) is 20.1 Å². The van der Waals surface area contributed by atoms with Crippen molar-refractivity contribution in [1.29, 1.82) is 0 Å². The van der Waals surface area contributed by atoms with Crippen LogP contribution in [0.15, 0.2) is 42.5 Å². The third kappa shape index (κ3) is 3.14. The Morgan fingerprint density at radius 3 is 2.63 bits per heavy atom. The Kier molecular flexibility index (Phi) is 3.87. The third-order valence-corrected chi connectivity index (χ3v) is 3.55. The number of allylic oxidation sites excluding steroid dienone is 1. The average molecular weight is 273 g/mol. The molecule has 2 rings (SSSR count). The van der Waals surface area contributed by atoms with E-state index in [4.69, 9.17) is 0 Å². The Hall–Kier alpha value is -2.27. The van der Waals surface area contributed by atoms with Crippen LogP contribution in [0.4, 0.5) is 5.69 Å². The molecule has 5 heteroatoms. The second-order valence-corrected chi connectivity index (χ2v) is 5.21. The molecule has 0 aliphatic rings. The van der Waals surface area contributed by atoms with Gasteiger partial charge in [0, 0.05) is 10.9 Å². The minimum Gasteiger partial charge on any atom is -0.288 e. The van der Waals surface area contributed by atoms with Crippen LogP contribution in [0.25, 0.3) is 6.08 Å². The van der Waals surface area contributed by atoms with Crippen molar-refractivity contribution in [3.05, 3.63) is 67.9 Å². The molecule has 0 bridgehead atoms. The van der Waals surface area contributed by atoms with Crippen LogP contribution in [-0.2, 0) is 0 Å². The van der Waals surface area contributed by atoms with Gasteiger partial charge in [-0.05, 0) is 37.3 Å². The molecule has 0 aliphatic carbocycles. The average Bonchev–Trinajstić information content (AvgIpc) is 2.83. The Balaban J connectivity index is 2.24. The lowest BCUT2D eigenvalue weighted by molar-refractivity contribution is -0.385. The molecule has 0 saturated carbocycles. The monoisotopic (exact) mass is 273 g/mol. The number of benzene rings is 1. The van der Waals surface area contributed by atoms with Gasteiger partial charge in [0.1, 0.15) is 0 Å². The van der Waals surface area contributed by atoms with Gasteiger partial charge in [0.15, 0.2) is 5.78 Å². The minimum atomic E-state index is -0.459. The Labute approximate surface area is 114 Å². The number of ketones is 1. The van der Waals surface area contributed by atoms with E-state index in [1.54, 1.807) is 24.3 Å². The van der Waals surface area contributed by atoms with Crippen molar-refractivity contribution in [2.75, 3.05) is 0 Å². The number of nitrogens with zero attached hydrogens (tertiary/aromatic N) is 1. The Bertz CT molecular complexity index is 658. The van der Waals surface area contributed by atoms with E-state index in [9.17, 15) is 14.9 Å². The molecule has 0 atom stereocenters. The maximum absolute atomic E-state index is 11.9. The summed E-state index contributed by atoms with van der Waals surface area (Å²) in [6.07, 6.45) is 2.85. The van der Waals surface area contributed by atoms with Gasteiger partial charge in [-0.2, -0.15) is 0 Å². The third-order valence-electron chi connectivity index (χ3n) is 2.53. The summed E-state index contributed by atoms with van der Waals surface area (Å²) in [6, 6.07) is 9.95. The van der Waals surface area contributed by atoms with Crippen molar-refractivity contribution in [1.82, 2.24) is 0 Å². The van der Waals surface area contributed by atoms with E-state index < -0.39 is 4.92 Å². The van der Waals surface area contributed by atoms with Crippen molar-refractivity contribution in [3.63, 3.8) is 0 Å². The molecule has 4 nitrogen and oxygen atoms in total. The number of rotatable bonds is 4. The maximum Gasteiger partial charge on any atom is 0.276 e. The second kappa shape index (κ2) is 5.58. The molecule has 0 amide bonds. The van der Waals surface area contributed by atoms with Gasteiger partial charge in [-0.15, -0.1) is 11.3 Å². The molecule has 0 saturated heterocycles. The highest BCUT2D eigenvalue weighted by atomic mass is 32.1. The Morgan fingerprint density at radius 2 is 2.00 bits per heavy atom. The van der Waals surface area contributed by atoms with E-state index in [1.165, 1.54) is 29.6 Å². The number of nitro groups is 1. The summed E-state index contributed by atoms with van der Waals surface area (Å²) in [7, 11) is 0. The van der Waals surface area contributed by atoms with Crippen molar-refractivity contribution in [2.45, 2.75) is 6.92 Å². The van der Waals surface area contributed by atoms with E-state index in [1.807, 2.05) is 13.0 Å². The minimum absolute atomic E-state index is 0.00564. The zero-order chi connectivity index (χ0) is 13.8. The zero-order valence-electron chi connectivity index (χ0n) is 10.2. The van der Waals surface area contributed by atoms with Gasteiger partial charge in [0.2, 0.25) is 0 Å². The van der Waals surface area contributed by atoms with E-state index in [0.717, 1.165) is 4.88 Å². The maximum atomic E-state index is 11.9. The fourth-order valence-corrected chi connectivity index (χ4v) is 2.40.